The number of nitrogens with one attached hydrogen (secondary N) is 1. The van der Waals surface area contributed by atoms with Gasteiger partial charge in [0, 0.05) is 23.7 Å². The van der Waals surface area contributed by atoms with Crippen molar-refractivity contribution in [1.29, 1.82) is 0 Å². The summed E-state index contributed by atoms with van der Waals surface area (Å²) in [5.74, 6) is 2.19. The molecule has 0 aliphatic carbocycles. The fourth-order valence-electron chi connectivity index (χ4n) is 3.98. The van der Waals surface area contributed by atoms with E-state index in [2.05, 4.69) is 21.2 Å². The maximum atomic E-state index is 10.9. The number of methoxy groups -OCH3 is 2. The van der Waals surface area contributed by atoms with E-state index < -0.39 is 0 Å². The van der Waals surface area contributed by atoms with Gasteiger partial charge in [0.1, 0.15) is 17.7 Å². The molecule has 0 bridgehead atoms. The second kappa shape index (κ2) is 10.3. The topological polar surface area (TPSA) is 72.3 Å². The summed E-state index contributed by atoms with van der Waals surface area (Å²) in [4.78, 5) is 5.03. The van der Waals surface area contributed by atoms with E-state index in [0.29, 0.717) is 18.8 Å². The van der Waals surface area contributed by atoms with Crippen molar-refractivity contribution in [3.05, 3.63) is 81.8 Å². The van der Waals surface area contributed by atoms with Crippen LogP contribution in [0.2, 0.25) is 0 Å². The van der Waals surface area contributed by atoms with Gasteiger partial charge in [-0.2, -0.15) is 0 Å². The Morgan fingerprint density at radius 3 is 2.48 bits per heavy atom. The molecular formula is C26H27BrN2O4. The van der Waals surface area contributed by atoms with Crippen LogP contribution in [0.3, 0.4) is 0 Å². The molecule has 172 valence electrons. The highest BCUT2D eigenvalue weighted by molar-refractivity contribution is 9.10. The molecule has 33 heavy (non-hydrogen) atoms. The highest BCUT2D eigenvalue weighted by Gasteiger charge is 2.29. The molecular weight excluding hydrogens is 484 g/mol. The van der Waals surface area contributed by atoms with E-state index in [-0.39, 0.29) is 18.0 Å². The Bertz CT molecular complexity index is 1150. The second-order valence-electron chi connectivity index (χ2n) is 7.65. The first-order chi connectivity index (χ1) is 16.0. The van der Waals surface area contributed by atoms with Gasteiger partial charge in [-0.05, 0) is 76.4 Å². The zero-order valence-electron chi connectivity index (χ0n) is 18.8. The van der Waals surface area contributed by atoms with Crippen molar-refractivity contribution in [2.24, 2.45) is 4.99 Å². The lowest BCUT2D eigenvalue weighted by Gasteiger charge is -2.31. The fourth-order valence-corrected chi connectivity index (χ4v) is 4.54. The monoisotopic (exact) mass is 510 g/mol. The van der Waals surface area contributed by atoms with E-state index in [1.54, 1.807) is 20.3 Å². The van der Waals surface area contributed by atoms with Crippen molar-refractivity contribution in [2.75, 3.05) is 20.8 Å². The van der Waals surface area contributed by atoms with Crippen molar-refractivity contribution in [3.8, 4) is 23.0 Å². The Morgan fingerprint density at radius 2 is 1.82 bits per heavy atom. The number of halogens is 1. The predicted molar refractivity (Wildman–Crippen MR) is 133 cm³/mol. The molecule has 0 saturated carbocycles. The molecule has 0 radical (unpaired) electrons. The maximum absolute atomic E-state index is 10.9. The Labute approximate surface area is 202 Å². The van der Waals surface area contributed by atoms with Gasteiger partial charge in [-0.25, -0.2) is 0 Å². The number of ether oxygens (including phenoxy) is 3. The fraction of sp³-hybridized carbons (Fsp3) is 0.269. The van der Waals surface area contributed by atoms with Crippen LogP contribution in [0.1, 0.15) is 42.2 Å². The summed E-state index contributed by atoms with van der Waals surface area (Å²) in [5.41, 5.74) is 3.72. The van der Waals surface area contributed by atoms with Crippen LogP contribution in [0.15, 0.2) is 70.1 Å². The molecule has 6 nitrogen and oxygen atoms in total. The van der Waals surface area contributed by atoms with Gasteiger partial charge in [-0.1, -0.05) is 18.2 Å². The molecule has 1 aliphatic rings. The normalized spacial score (nSPS) is 17.9. The Hall–Kier alpha value is -3.03. The molecule has 3 aromatic carbocycles. The van der Waals surface area contributed by atoms with E-state index >= 15 is 0 Å². The molecule has 0 unspecified atom stereocenters. The lowest BCUT2D eigenvalue weighted by Crippen LogP contribution is -2.33. The van der Waals surface area contributed by atoms with E-state index in [0.717, 1.165) is 38.4 Å². The average molecular weight is 511 g/mol. The number of aromatic hydroxyl groups is 1. The van der Waals surface area contributed by atoms with Crippen LogP contribution in [0.25, 0.3) is 0 Å². The van der Waals surface area contributed by atoms with Gasteiger partial charge in [0.2, 0.25) is 0 Å². The minimum absolute atomic E-state index is 0.155. The van der Waals surface area contributed by atoms with E-state index in [1.807, 2.05) is 61.5 Å². The smallest absolute Gasteiger partial charge is 0.162 e. The summed E-state index contributed by atoms with van der Waals surface area (Å²) in [6.45, 7) is 2.38. The molecule has 3 aromatic rings. The van der Waals surface area contributed by atoms with Crippen LogP contribution in [-0.2, 0) is 0 Å². The van der Waals surface area contributed by atoms with Gasteiger partial charge < -0.3 is 19.3 Å². The van der Waals surface area contributed by atoms with Gasteiger partial charge in [0.15, 0.2) is 11.5 Å². The van der Waals surface area contributed by atoms with Crippen molar-refractivity contribution in [2.45, 2.75) is 25.6 Å². The second-order valence-corrected chi connectivity index (χ2v) is 8.51. The summed E-state index contributed by atoms with van der Waals surface area (Å²) in [6, 6.07) is 19.2. The summed E-state index contributed by atoms with van der Waals surface area (Å²) in [6.07, 6.45) is 0.307. The molecule has 0 amide bonds. The summed E-state index contributed by atoms with van der Waals surface area (Å²) in [7, 11) is 3.29. The van der Waals surface area contributed by atoms with Gasteiger partial charge in [0.05, 0.1) is 25.3 Å². The summed E-state index contributed by atoms with van der Waals surface area (Å²) in [5, 5.41) is 14.5. The number of phenolic OH excluding ortho intramolecular Hbond substituents is 1. The number of nitrogens with zero attached hydrogens (tertiary/aromatic N) is 1. The first kappa shape index (κ1) is 23.1. The molecule has 0 spiro atoms. The van der Waals surface area contributed by atoms with Gasteiger partial charge >= 0.3 is 0 Å². The maximum Gasteiger partial charge on any atom is 0.162 e. The van der Waals surface area contributed by atoms with Crippen LogP contribution in [0.5, 0.6) is 23.0 Å². The lowest BCUT2D eigenvalue weighted by molar-refractivity contribution is 0.313. The number of phenols is 1. The van der Waals surface area contributed by atoms with Crippen molar-refractivity contribution < 1.29 is 19.3 Å². The van der Waals surface area contributed by atoms with Crippen molar-refractivity contribution in [1.82, 2.24) is 5.32 Å². The molecule has 2 atom stereocenters. The average Bonchev–Trinajstić information content (AvgIpc) is 2.85. The van der Waals surface area contributed by atoms with Crippen molar-refractivity contribution in [3.63, 3.8) is 0 Å². The van der Waals surface area contributed by atoms with Crippen LogP contribution in [0, 0.1) is 0 Å². The van der Waals surface area contributed by atoms with Crippen LogP contribution in [-0.4, -0.2) is 31.6 Å². The van der Waals surface area contributed by atoms with Crippen LogP contribution < -0.4 is 19.5 Å². The molecule has 7 heteroatoms. The minimum atomic E-state index is -0.307. The van der Waals surface area contributed by atoms with Crippen LogP contribution >= 0.6 is 15.9 Å². The van der Waals surface area contributed by atoms with Gasteiger partial charge in [0.25, 0.3) is 0 Å². The number of para-hydroxylation sites is 1. The quantitative estimate of drug-likeness (QED) is 0.420. The van der Waals surface area contributed by atoms with Crippen molar-refractivity contribution >= 4 is 21.6 Å². The zero-order chi connectivity index (χ0) is 23.4. The standard InChI is InChI=1S/C26H27BrN2O4/c1-4-33-24-7-5-6-19(25(24)30)22-15-21(16-8-11-18(31-2)12-9-16)28-26(29-22)17-10-13-23(32-3)20(27)14-17/h5-14,22,26,29-30H,4,15H2,1-3H3/t22-,26-/m1/s1. The van der Waals surface area contributed by atoms with Gasteiger partial charge in [-0.15, -0.1) is 0 Å². The number of hydrogen-bond acceptors (Lipinski definition) is 6. The highest BCUT2D eigenvalue weighted by Crippen LogP contribution is 2.39. The third kappa shape index (κ3) is 4.99. The predicted octanol–water partition coefficient (Wildman–Crippen LogP) is 5.79. The third-order valence-corrected chi connectivity index (χ3v) is 6.28. The first-order valence-corrected chi connectivity index (χ1v) is 11.6. The number of hydrogen-bond donors (Lipinski definition) is 2. The Morgan fingerprint density at radius 1 is 1.03 bits per heavy atom. The van der Waals surface area contributed by atoms with E-state index in [4.69, 9.17) is 19.2 Å². The van der Waals surface area contributed by atoms with Gasteiger partial charge in [-0.3, -0.25) is 10.3 Å². The SMILES string of the molecule is CCOc1cccc([C@H]2CC(c3ccc(OC)cc3)=N[C@@H](c3ccc(OC)c(Br)c3)N2)c1O. The Balaban J connectivity index is 1.75. The minimum Gasteiger partial charge on any atom is -0.504 e. The largest absolute Gasteiger partial charge is 0.504 e. The third-order valence-electron chi connectivity index (χ3n) is 5.66. The zero-order valence-corrected chi connectivity index (χ0v) is 20.4. The Kier molecular flexibility index (Phi) is 7.20. The number of benzene rings is 3. The van der Waals surface area contributed by atoms with E-state index in [1.165, 1.54) is 0 Å². The summed E-state index contributed by atoms with van der Waals surface area (Å²) < 4.78 is 17.2. The molecule has 0 fully saturated rings. The highest BCUT2D eigenvalue weighted by atomic mass is 79.9. The number of rotatable bonds is 7. The number of aliphatic imine (C=N–C) groups is 1. The molecule has 0 aromatic heterocycles. The lowest BCUT2D eigenvalue weighted by atomic mass is 9.93. The summed E-state index contributed by atoms with van der Waals surface area (Å²) >= 11 is 3.58. The van der Waals surface area contributed by atoms with E-state index in [9.17, 15) is 5.11 Å². The van der Waals surface area contributed by atoms with Crippen LogP contribution in [0.4, 0.5) is 0 Å². The molecule has 4 rings (SSSR count). The molecule has 0 saturated heterocycles. The molecule has 1 aliphatic heterocycles. The molecule has 2 N–H and O–H groups in total. The first-order valence-electron chi connectivity index (χ1n) is 10.8. The molecule has 1 heterocycles.